The fourth-order valence-electron chi connectivity index (χ4n) is 2.69. The first-order valence-electron chi connectivity index (χ1n) is 6.98. The van der Waals surface area contributed by atoms with Crippen molar-refractivity contribution in [1.82, 2.24) is 14.8 Å². The number of carbonyl (C=O) groups excluding carboxylic acids is 1. The molecule has 2 atom stereocenters. The van der Waals surface area contributed by atoms with Crippen LogP contribution in [-0.4, -0.2) is 44.5 Å². The molecule has 118 valence electrons. The van der Waals surface area contributed by atoms with E-state index in [4.69, 9.17) is 0 Å². The van der Waals surface area contributed by atoms with E-state index < -0.39 is 10.0 Å². The van der Waals surface area contributed by atoms with Crippen LogP contribution < -0.4 is 4.72 Å². The number of carbonyl (C=O) groups is 1. The molecule has 1 saturated carbocycles. The first kappa shape index (κ1) is 16.0. The van der Waals surface area contributed by atoms with E-state index in [1.54, 1.807) is 19.0 Å². The Labute approximate surface area is 124 Å². The molecule has 1 aliphatic carbocycles. The number of aromatic nitrogens is 1. The van der Waals surface area contributed by atoms with Crippen LogP contribution in [0.15, 0.2) is 16.9 Å². The smallest absolute Gasteiger partial charge is 0.225 e. The van der Waals surface area contributed by atoms with Crippen LogP contribution in [0.4, 0.5) is 0 Å². The molecule has 0 bridgehead atoms. The van der Waals surface area contributed by atoms with Crippen molar-refractivity contribution in [2.75, 3.05) is 14.1 Å². The summed E-state index contributed by atoms with van der Waals surface area (Å²) in [7, 11) is -0.0251. The minimum absolute atomic E-state index is 0.0652. The van der Waals surface area contributed by atoms with Gasteiger partial charge in [-0.15, -0.1) is 0 Å². The molecule has 1 heterocycles. The van der Waals surface area contributed by atoms with Crippen LogP contribution in [0.25, 0.3) is 0 Å². The maximum atomic E-state index is 12.1. The molecule has 0 aromatic carbocycles. The Bertz CT molecular complexity index is 568. The van der Waals surface area contributed by atoms with Crippen LogP contribution >= 0.6 is 0 Å². The SMILES string of the molecule is CN(C)C(=O)C1CCCC(NS(=O)(=O)Cc2ccon2)C1. The summed E-state index contributed by atoms with van der Waals surface area (Å²) >= 11 is 0. The molecule has 0 saturated heterocycles. The molecule has 8 heteroatoms. The molecule has 1 fully saturated rings. The molecule has 1 aromatic rings. The molecule has 0 radical (unpaired) electrons. The average molecular weight is 315 g/mol. The van der Waals surface area contributed by atoms with Crippen LogP contribution in [0.2, 0.25) is 0 Å². The third-order valence-electron chi connectivity index (χ3n) is 3.64. The van der Waals surface area contributed by atoms with E-state index in [0.29, 0.717) is 12.1 Å². The number of sulfonamides is 1. The zero-order valence-electron chi connectivity index (χ0n) is 12.3. The monoisotopic (exact) mass is 315 g/mol. The number of nitrogens with one attached hydrogen (secondary N) is 1. The topological polar surface area (TPSA) is 92.5 Å². The van der Waals surface area contributed by atoms with Gasteiger partial charge in [0.2, 0.25) is 15.9 Å². The van der Waals surface area contributed by atoms with Gasteiger partial charge in [0, 0.05) is 32.1 Å². The lowest BCUT2D eigenvalue weighted by Crippen LogP contribution is -2.42. The van der Waals surface area contributed by atoms with Crippen molar-refractivity contribution in [3.8, 4) is 0 Å². The van der Waals surface area contributed by atoms with Gasteiger partial charge in [0.1, 0.15) is 12.0 Å². The van der Waals surface area contributed by atoms with Crippen LogP contribution in [0.1, 0.15) is 31.4 Å². The fraction of sp³-hybridized carbons (Fsp3) is 0.692. The minimum atomic E-state index is -3.47. The zero-order chi connectivity index (χ0) is 15.5. The molecule has 0 spiro atoms. The molecule has 2 unspecified atom stereocenters. The Morgan fingerprint density at radius 2 is 2.24 bits per heavy atom. The van der Waals surface area contributed by atoms with Gasteiger partial charge in [-0.3, -0.25) is 4.79 Å². The van der Waals surface area contributed by atoms with Crippen molar-refractivity contribution >= 4 is 15.9 Å². The number of hydrogen-bond acceptors (Lipinski definition) is 5. The Kier molecular flexibility index (Phi) is 5.00. The van der Waals surface area contributed by atoms with Crippen molar-refractivity contribution in [3.63, 3.8) is 0 Å². The third-order valence-corrected chi connectivity index (χ3v) is 5.01. The van der Waals surface area contributed by atoms with Gasteiger partial charge in [0.05, 0.1) is 5.69 Å². The molecule has 1 N–H and O–H groups in total. The van der Waals surface area contributed by atoms with Gasteiger partial charge in [-0.2, -0.15) is 0 Å². The number of nitrogens with zero attached hydrogens (tertiary/aromatic N) is 2. The summed E-state index contributed by atoms with van der Waals surface area (Å²) in [4.78, 5) is 13.6. The van der Waals surface area contributed by atoms with Gasteiger partial charge < -0.3 is 9.42 Å². The van der Waals surface area contributed by atoms with Gasteiger partial charge in [-0.05, 0) is 19.3 Å². The second-order valence-electron chi connectivity index (χ2n) is 5.66. The van der Waals surface area contributed by atoms with E-state index in [-0.39, 0.29) is 23.6 Å². The normalized spacial score (nSPS) is 23.0. The van der Waals surface area contributed by atoms with Gasteiger partial charge in [-0.1, -0.05) is 11.6 Å². The highest BCUT2D eigenvalue weighted by molar-refractivity contribution is 7.88. The van der Waals surface area contributed by atoms with Crippen molar-refractivity contribution < 1.29 is 17.7 Å². The Morgan fingerprint density at radius 3 is 2.86 bits per heavy atom. The first-order chi connectivity index (χ1) is 9.87. The van der Waals surface area contributed by atoms with E-state index >= 15 is 0 Å². The third kappa shape index (κ3) is 4.53. The molecular formula is C13H21N3O4S. The highest BCUT2D eigenvalue weighted by Crippen LogP contribution is 2.26. The summed E-state index contributed by atoms with van der Waals surface area (Å²) in [5.41, 5.74) is 0.374. The van der Waals surface area contributed by atoms with Gasteiger partial charge in [-0.25, -0.2) is 13.1 Å². The maximum absolute atomic E-state index is 12.1. The van der Waals surface area contributed by atoms with Gasteiger partial charge >= 0.3 is 0 Å². The Balaban J connectivity index is 1.94. The van der Waals surface area contributed by atoms with Gasteiger partial charge in [0.15, 0.2) is 0 Å². The summed E-state index contributed by atoms with van der Waals surface area (Å²) < 4.78 is 31.5. The lowest BCUT2D eigenvalue weighted by Gasteiger charge is -2.30. The second-order valence-corrected chi connectivity index (χ2v) is 7.41. The molecule has 1 aliphatic rings. The summed E-state index contributed by atoms with van der Waals surface area (Å²) in [6, 6.07) is 1.34. The van der Waals surface area contributed by atoms with E-state index in [2.05, 4.69) is 14.4 Å². The largest absolute Gasteiger partial charge is 0.364 e. The van der Waals surface area contributed by atoms with Crippen molar-refractivity contribution in [1.29, 1.82) is 0 Å². The van der Waals surface area contributed by atoms with Crippen molar-refractivity contribution in [2.45, 2.75) is 37.5 Å². The zero-order valence-corrected chi connectivity index (χ0v) is 13.1. The van der Waals surface area contributed by atoms with Crippen LogP contribution in [0.5, 0.6) is 0 Å². The summed E-state index contributed by atoms with van der Waals surface area (Å²) in [5.74, 6) is -0.240. The first-order valence-corrected chi connectivity index (χ1v) is 8.63. The average Bonchev–Trinajstić information content (AvgIpc) is 2.89. The molecule has 21 heavy (non-hydrogen) atoms. The fourth-order valence-corrected chi connectivity index (χ4v) is 4.03. The molecule has 2 rings (SSSR count). The van der Waals surface area contributed by atoms with Crippen molar-refractivity contribution in [3.05, 3.63) is 18.0 Å². The molecule has 7 nitrogen and oxygen atoms in total. The summed E-state index contributed by atoms with van der Waals surface area (Å²) in [6.45, 7) is 0. The molecular weight excluding hydrogens is 294 g/mol. The summed E-state index contributed by atoms with van der Waals surface area (Å²) in [6.07, 6.45) is 4.32. The van der Waals surface area contributed by atoms with E-state index in [0.717, 1.165) is 19.3 Å². The lowest BCUT2D eigenvalue weighted by molar-refractivity contribution is -0.134. The Morgan fingerprint density at radius 1 is 1.48 bits per heavy atom. The van der Waals surface area contributed by atoms with Gasteiger partial charge in [0.25, 0.3) is 0 Å². The second kappa shape index (κ2) is 6.57. The van der Waals surface area contributed by atoms with Crippen LogP contribution in [-0.2, 0) is 20.6 Å². The standard InChI is InChI=1S/C13H21N3O4S/c1-16(2)13(17)10-4-3-5-11(8-10)15-21(18,19)9-12-6-7-20-14-12/h6-7,10-11,15H,3-5,8-9H2,1-2H3. The molecule has 0 aliphatic heterocycles. The van der Waals surface area contributed by atoms with Crippen LogP contribution in [0.3, 0.4) is 0 Å². The van der Waals surface area contributed by atoms with E-state index in [1.807, 2.05) is 0 Å². The minimum Gasteiger partial charge on any atom is -0.364 e. The quantitative estimate of drug-likeness (QED) is 0.865. The maximum Gasteiger partial charge on any atom is 0.225 e. The number of amides is 1. The highest BCUT2D eigenvalue weighted by Gasteiger charge is 2.30. The Hall–Kier alpha value is -1.41. The number of rotatable bonds is 5. The van der Waals surface area contributed by atoms with Crippen LogP contribution in [0, 0.1) is 5.92 Å². The lowest BCUT2D eigenvalue weighted by atomic mass is 9.85. The number of hydrogen-bond donors (Lipinski definition) is 1. The molecule has 1 aromatic heterocycles. The summed E-state index contributed by atoms with van der Waals surface area (Å²) in [5, 5.41) is 3.61. The predicted octanol–water partition coefficient (Wildman–Crippen LogP) is 0.741. The van der Waals surface area contributed by atoms with E-state index in [9.17, 15) is 13.2 Å². The molecule has 1 amide bonds. The highest BCUT2D eigenvalue weighted by atomic mass is 32.2. The van der Waals surface area contributed by atoms with Crippen molar-refractivity contribution in [2.24, 2.45) is 5.92 Å². The van der Waals surface area contributed by atoms with E-state index in [1.165, 1.54) is 12.3 Å². The predicted molar refractivity (Wildman–Crippen MR) is 76.7 cm³/mol.